The molecule has 0 saturated heterocycles. The van der Waals surface area contributed by atoms with Gasteiger partial charge in [0, 0.05) is 28.6 Å². The Balaban J connectivity index is 1.99. The van der Waals surface area contributed by atoms with Crippen LogP contribution in [-0.2, 0) is 4.79 Å². The molecular formula is C21H27NO3. The predicted octanol–water partition coefficient (Wildman–Crippen LogP) is 4.83. The normalized spacial score (nSPS) is 15.8. The highest BCUT2D eigenvalue weighted by atomic mass is 16.5. The number of benzene rings is 1. The molecule has 1 aliphatic carbocycles. The van der Waals surface area contributed by atoms with Crippen molar-refractivity contribution in [2.45, 2.75) is 59.4 Å². The molecule has 1 amide bonds. The lowest BCUT2D eigenvalue weighted by Gasteiger charge is -2.14. The van der Waals surface area contributed by atoms with E-state index in [0.29, 0.717) is 6.04 Å². The third kappa shape index (κ3) is 3.30. The molecule has 0 atom stereocenters. The molecule has 1 fully saturated rings. The second-order valence-corrected chi connectivity index (χ2v) is 7.06. The monoisotopic (exact) mass is 341 g/mol. The molecule has 1 heterocycles. The average Bonchev–Trinajstić information content (AvgIpc) is 3.17. The van der Waals surface area contributed by atoms with E-state index in [4.69, 9.17) is 9.15 Å². The smallest absolute Gasteiger partial charge is 0.244 e. The third-order valence-electron chi connectivity index (χ3n) is 5.32. The summed E-state index contributed by atoms with van der Waals surface area (Å²) in [5.41, 5.74) is 4.80. The van der Waals surface area contributed by atoms with E-state index in [1.807, 2.05) is 20.8 Å². The first-order chi connectivity index (χ1) is 11.9. The minimum Gasteiger partial charge on any atom is -0.496 e. The second-order valence-electron chi connectivity index (χ2n) is 7.06. The number of rotatable bonds is 4. The first kappa shape index (κ1) is 17.6. The molecule has 1 aromatic heterocycles. The zero-order chi connectivity index (χ0) is 18.1. The molecule has 1 aliphatic rings. The first-order valence-electron chi connectivity index (χ1n) is 8.98. The Morgan fingerprint density at radius 1 is 1.24 bits per heavy atom. The Hall–Kier alpha value is -2.23. The second kappa shape index (κ2) is 6.95. The lowest BCUT2D eigenvalue weighted by molar-refractivity contribution is -0.117. The summed E-state index contributed by atoms with van der Waals surface area (Å²) >= 11 is 0. The highest BCUT2D eigenvalue weighted by Gasteiger charge is 2.19. The summed E-state index contributed by atoms with van der Waals surface area (Å²) < 4.78 is 11.5. The maximum Gasteiger partial charge on any atom is 0.244 e. The minimum atomic E-state index is -0.0238. The summed E-state index contributed by atoms with van der Waals surface area (Å²) in [6, 6.07) is 2.39. The minimum absolute atomic E-state index is 0.0238. The Bertz CT molecular complexity index is 839. The van der Waals surface area contributed by atoms with Crippen molar-refractivity contribution in [3.63, 3.8) is 0 Å². The van der Waals surface area contributed by atoms with Crippen molar-refractivity contribution in [1.29, 1.82) is 0 Å². The van der Waals surface area contributed by atoms with Crippen LogP contribution in [0.25, 0.3) is 16.5 Å². The number of nitrogens with one attached hydrogen (secondary N) is 1. The topological polar surface area (TPSA) is 51.5 Å². The summed E-state index contributed by atoms with van der Waals surface area (Å²) in [4.78, 5) is 12.4. The standard InChI is InChI=1S/C21H27NO3/c1-12(10-19(23)22-16-8-6-7-9-16)17-11-18-13(2)15(4)25-21(18)14(3)20(17)24-5/h10-11,16H,6-9H2,1-5H3,(H,22,23)/b12-10+. The summed E-state index contributed by atoms with van der Waals surface area (Å²) in [5.74, 6) is 1.66. The largest absolute Gasteiger partial charge is 0.496 e. The number of furan rings is 1. The van der Waals surface area contributed by atoms with Gasteiger partial charge in [0.1, 0.15) is 17.1 Å². The van der Waals surface area contributed by atoms with Gasteiger partial charge in [-0.1, -0.05) is 12.8 Å². The molecule has 4 nitrogen and oxygen atoms in total. The molecule has 1 saturated carbocycles. The van der Waals surface area contributed by atoms with Gasteiger partial charge in [0.25, 0.3) is 0 Å². The number of carbonyl (C=O) groups excluding carboxylic acids is 1. The number of carbonyl (C=O) groups is 1. The van der Waals surface area contributed by atoms with Gasteiger partial charge in [-0.15, -0.1) is 0 Å². The van der Waals surface area contributed by atoms with Crippen LogP contribution in [-0.4, -0.2) is 19.1 Å². The van der Waals surface area contributed by atoms with Crippen LogP contribution >= 0.6 is 0 Å². The Morgan fingerprint density at radius 2 is 1.92 bits per heavy atom. The van der Waals surface area contributed by atoms with E-state index < -0.39 is 0 Å². The molecule has 4 heteroatoms. The molecule has 1 aromatic carbocycles. The van der Waals surface area contributed by atoms with E-state index in [2.05, 4.69) is 18.3 Å². The van der Waals surface area contributed by atoms with E-state index >= 15 is 0 Å². The van der Waals surface area contributed by atoms with Crippen molar-refractivity contribution >= 4 is 22.4 Å². The van der Waals surface area contributed by atoms with Crippen molar-refractivity contribution in [3.8, 4) is 5.75 Å². The summed E-state index contributed by atoms with van der Waals surface area (Å²) in [7, 11) is 1.66. The van der Waals surface area contributed by atoms with Gasteiger partial charge in [-0.25, -0.2) is 0 Å². The van der Waals surface area contributed by atoms with E-state index in [1.165, 1.54) is 12.8 Å². The van der Waals surface area contributed by atoms with Crippen LogP contribution in [0.5, 0.6) is 5.75 Å². The van der Waals surface area contributed by atoms with Gasteiger partial charge in [-0.2, -0.15) is 0 Å². The predicted molar refractivity (Wildman–Crippen MR) is 101 cm³/mol. The van der Waals surface area contributed by atoms with Crippen LogP contribution in [0.3, 0.4) is 0 Å². The van der Waals surface area contributed by atoms with Gasteiger partial charge >= 0.3 is 0 Å². The summed E-state index contributed by atoms with van der Waals surface area (Å²) in [6.45, 7) is 7.99. The van der Waals surface area contributed by atoms with Crippen LogP contribution in [0.2, 0.25) is 0 Å². The van der Waals surface area contributed by atoms with Gasteiger partial charge < -0.3 is 14.5 Å². The number of fused-ring (bicyclic) bond motifs is 1. The van der Waals surface area contributed by atoms with Crippen molar-refractivity contribution < 1.29 is 13.9 Å². The van der Waals surface area contributed by atoms with Gasteiger partial charge in [0.05, 0.1) is 7.11 Å². The van der Waals surface area contributed by atoms with Crippen LogP contribution < -0.4 is 10.1 Å². The van der Waals surface area contributed by atoms with Crippen molar-refractivity contribution in [1.82, 2.24) is 5.32 Å². The molecule has 0 unspecified atom stereocenters. The van der Waals surface area contributed by atoms with E-state index in [9.17, 15) is 4.79 Å². The maximum atomic E-state index is 12.4. The van der Waals surface area contributed by atoms with Crippen molar-refractivity contribution in [2.75, 3.05) is 7.11 Å². The number of amides is 1. The Labute approximate surface area is 149 Å². The van der Waals surface area contributed by atoms with Crippen LogP contribution in [0, 0.1) is 20.8 Å². The lowest BCUT2D eigenvalue weighted by Crippen LogP contribution is -2.31. The highest BCUT2D eigenvalue weighted by molar-refractivity contribution is 5.98. The molecular weight excluding hydrogens is 314 g/mol. The quantitative estimate of drug-likeness (QED) is 0.811. The number of hydrogen-bond donors (Lipinski definition) is 1. The number of hydrogen-bond acceptors (Lipinski definition) is 3. The fourth-order valence-electron chi connectivity index (χ4n) is 3.76. The zero-order valence-corrected chi connectivity index (χ0v) is 15.8. The van der Waals surface area contributed by atoms with Crippen LogP contribution in [0.1, 0.15) is 55.1 Å². The molecule has 3 rings (SSSR count). The molecule has 0 bridgehead atoms. The number of ether oxygens (including phenoxy) is 1. The first-order valence-corrected chi connectivity index (χ1v) is 8.98. The van der Waals surface area contributed by atoms with Crippen molar-refractivity contribution in [2.24, 2.45) is 0 Å². The molecule has 134 valence electrons. The van der Waals surface area contributed by atoms with Gasteiger partial charge in [0.2, 0.25) is 5.91 Å². The van der Waals surface area contributed by atoms with E-state index in [1.54, 1.807) is 13.2 Å². The molecule has 2 aromatic rings. The van der Waals surface area contributed by atoms with Crippen LogP contribution in [0.4, 0.5) is 0 Å². The lowest BCUT2D eigenvalue weighted by atomic mass is 9.98. The highest BCUT2D eigenvalue weighted by Crippen LogP contribution is 2.38. The molecule has 0 aliphatic heterocycles. The SMILES string of the molecule is COc1c(/C(C)=C/C(=O)NC2CCCC2)cc2c(C)c(C)oc2c1C. The Morgan fingerprint density at radius 3 is 2.56 bits per heavy atom. The molecule has 0 spiro atoms. The zero-order valence-electron chi connectivity index (χ0n) is 15.8. The molecule has 1 N–H and O–H groups in total. The molecule has 0 radical (unpaired) electrons. The fraction of sp³-hybridized carbons (Fsp3) is 0.476. The third-order valence-corrected chi connectivity index (χ3v) is 5.32. The number of allylic oxidation sites excluding steroid dienone is 1. The Kier molecular flexibility index (Phi) is 4.89. The average molecular weight is 341 g/mol. The number of aryl methyl sites for hydroxylation is 3. The fourth-order valence-corrected chi connectivity index (χ4v) is 3.76. The summed E-state index contributed by atoms with van der Waals surface area (Å²) in [6.07, 6.45) is 6.26. The number of methoxy groups -OCH3 is 1. The maximum absolute atomic E-state index is 12.4. The van der Waals surface area contributed by atoms with Gasteiger partial charge in [-0.05, 0) is 57.7 Å². The van der Waals surface area contributed by atoms with Crippen LogP contribution in [0.15, 0.2) is 16.6 Å². The van der Waals surface area contributed by atoms with E-state index in [0.717, 1.165) is 57.6 Å². The van der Waals surface area contributed by atoms with Gasteiger partial charge in [-0.3, -0.25) is 4.79 Å². The van der Waals surface area contributed by atoms with Crippen molar-refractivity contribution in [3.05, 3.63) is 34.6 Å². The summed E-state index contributed by atoms with van der Waals surface area (Å²) in [5, 5.41) is 4.19. The molecule has 25 heavy (non-hydrogen) atoms. The van der Waals surface area contributed by atoms with E-state index in [-0.39, 0.29) is 5.91 Å². The van der Waals surface area contributed by atoms with Gasteiger partial charge in [0.15, 0.2) is 0 Å².